The number of nitrogens with zero attached hydrogens (tertiary/aromatic N) is 1. The molecule has 3 nitrogen and oxygen atoms in total. The van der Waals surface area contributed by atoms with Crippen LogP contribution in [0.2, 0.25) is 25.7 Å². The first-order valence-electron chi connectivity index (χ1n) is 6.29. The average Bonchev–Trinajstić information content (AvgIpc) is 2.26. The van der Waals surface area contributed by atoms with Gasteiger partial charge in [0.1, 0.15) is 0 Å². The molecule has 0 saturated heterocycles. The van der Waals surface area contributed by atoms with Crippen molar-refractivity contribution in [1.82, 2.24) is 4.98 Å². The minimum Gasteiger partial charge on any atom is -0.263 e. The molecule has 1 aromatic heterocycles. The maximum absolute atomic E-state index is 12.2. The Hall–Kier alpha value is -0.683. The Kier molecular flexibility index (Phi) is 4.72. The summed E-state index contributed by atoms with van der Waals surface area (Å²) >= 11 is 0. The van der Waals surface area contributed by atoms with Crippen LogP contribution in [0.3, 0.4) is 0 Å². The third kappa shape index (κ3) is 4.53. The summed E-state index contributed by atoms with van der Waals surface area (Å²) in [5.74, 6) is 0.538. The first-order chi connectivity index (χ1) is 8.12. The topological polar surface area (TPSA) is 47.0 Å². The number of pyridine rings is 1. The van der Waals surface area contributed by atoms with Crippen molar-refractivity contribution in [2.24, 2.45) is 0 Å². The van der Waals surface area contributed by atoms with Gasteiger partial charge in [-0.25, -0.2) is 8.42 Å². The molecule has 0 fully saturated rings. The van der Waals surface area contributed by atoms with E-state index in [2.05, 4.69) is 24.6 Å². The van der Waals surface area contributed by atoms with E-state index < -0.39 is 17.9 Å². The summed E-state index contributed by atoms with van der Waals surface area (Å²) in [6.07, 6.45) is 3.20. The van der Waals surface area contributed by atoms with Gasteiger partial charge in [-0.1, -0.05) is 33.5 Å². The molecule has 1 rings (SSSR count). The quantitative estimate of drug-likeness (QED) is 0.780. The molecule has 0 saturated carbocycles. The zero-order valence-electron chi connectivity index (χ0n) is 11.9. The van der Waals surface area contributed by atoms with Crippen molar-refractivity contribution in [3.05, 3.63) is 24.0 Å². The number of rotatable bonds is 5. The van der Waals surface area contributed by atoms with E-state index in [0.717, 1.165) is 11.6 Å². The van der Waals surface area contributed by atoms with Crippen molar-refractivity contribution in [2.75, 3.05) is 5.75 Å². The van der Waals surface area contributed by atoms with Gasteiger partial charge in [0.05, 0.1) is 10.6 Å². The molecule has 1 aromatic rings. The summed E-state index contributed by atoms with van der Waals surface area (Å²) in [6.45, 7) is 10.6. The van der Waals surface area contributed by atoms with E-state index in [9.17, 15) is 8.42 Å². The molecule has 0 aliphatic rings. The highest BCUT2D eigenvalue weighted by Crippen LogP contribution is 2.20. The molecule has 0 amide bonds. The van der Waals surface area contributed by atoms with Crippen molar-refractivity contribution in [2.45, 2.75) is 50.3 Å². The van der Waals surface area contributed by atoms with E-state index in [1.165, 1.54) is 6.20 Å². The zero-order chi connectivity index (χ0) is 14.0. The third-order valence-electron chi connectivity index (χ3n) is 2.88. The van der Waals surface area contributed by atoms with Gasteiger partial charge in [0.25, 0.3) is 0 Å². The van der Waals surface area contributed by atoms with Gasteiger partial charge in [-0.05, 0) is 23.6 Å². The van der Waals surface area contributed by atoms with Gasteiger partial charge < -0.3 is 0 Å². The van der Waals surface area contributed by atoms with Gasteiger partial charge in [0, 0.05) is 20.5 Å². The molecule has 0 spiro atoms. The van der Waals surface area contributed by atoms with Crippen molar-refractivity contribution in [3.63, 3.8) is 0 Å². The summed E-state index contributed by atoms with van der Waals surface area (Å²) in [5.41, 5.74) is 0.976. The lowest BCUT2D eigenvalue weighted by Gasteiger charge is -2.15. The van der Waals surface area contributed by atoms with Crippen LogP contribution in [0.5, 0.6) is 0 Å². The maximum Gasteiger partial charge on any atom is 0.179 e. The molecule has 102 valence electrons. The Morgan fingerprint density at radius 3 is 2.33 bits per heavy atom. The van der Waals surface area contributed by atoms with Gasteiger partial charge >= 0.3 is 0 Å². The SMILES string of the molecule is CC(C)c1cncc(S(=O)(=O)CC[Si](C)(C)C)c1. The minimum atomic E-state index is -3.18. The lowest BCUT2D eigenvalue weighted by molar-refractivity contribution is 0.596. The number of hydrogen-bond donors (Lipinski definition) is 0. The highest BCUT2D eigenvalue weighted by atomic mass is 32.2. The Labute approximate surface area is 112 Å². The Balaban J connectivity index is 2.95. The Morgan fingerprint density at radius 2 is 1.83 bits per heavy atom. The van der Waals surface area contributed by atoms with E-state index >= 15 is 0 Å². The molecule has 0 N–H and O–H groups in total. The summed E-state index contributed by atoms with van der Waals surface area (Å²) < 4.78 is 24.5. The number of hydrogen-bond acceptors (Lipinski definition) is 3. The second-order valence-electron chi connectivity index (χ2n) is 6.24. The molecule has 1 heterocycles. The van der Waals surface area contributed by atoms with Crippen molar-refractivity contribution >= 4 is 17.9 Å². The first-order valence-corrected chi connectivity index (χ1v) is 11.7. The smallest absolute Gasteiger partial charge is 0.179 e. The fourth-order valence-corrected chi connectivity index (χ4v) is 5.78. The summed E-state index contributed by atoms with van der Waals surface area (Å²) in [4.78, 5) is 4.42. The van der Waals surface area contributed by atoms with Crippen LogP contribution in [0, 0.1) is 0 Å². The second-order valence-corrected chi connectivity index (χ2v) is 14.0. The maximum atomic E-state index is 12.2. The number of aromatic nitrogens is 1. The molecule has 0 bridgehead atoms. The summed E-state index contributed by atoms with van der Waals surface area (Å²) in [6, 6.07) is 2.55. The molecule has 0 radical (unpaired) electrons. The minimum absolute atomic E-state index is 0.242. The van der Waals surface area contributed by atoms with Crippen LogP contribution in [-0.2, 0) is 9.84 Å². The van der Waals surface area contributed by atoms with Gasteiger partial charge in [-0.15, -0.1) is 0 Å². The molecule has 5 heteroatoms. The fraction of sp³-hybridized carbons (Fsp3) is 0.615. The Bertz CT molecular complexity index is 504. The van der Waals surface area contributed by atoms with Crippen LogP contribution in [0.15, 0.2) is 23.4 Å². The van der Waals surface area contributed by atoms with Crippen LogP contribution < -0.4 is 0 Å². The molecular formula is C13H23NO2SSi. The van der Waals surface area contributed by atoms with Crippen LogP contribution >= 0.6 is 0 Å². The largest absolute Gasteiger partial charge is 0.263 e. The van der Waals surface area contributed by atoms with Crippen LogP contribution in [0.1, 0.15) is 25.3 Å². The zero-order valence-corrected chi connectivity index (χ0v) is 13.7. The predicted molar refractivity (Wildman–Crippen MR) is 78.5 cm³/mol. The van der Waals surface area contributed by atoms with Crippen LogP contribution in [0.4, 0.5) is 0 Å². The highest BCUT2D eigenvalue weighted by Gasteiger charge is 2.21. The predicted octanol–water partition coefficient (Wildman–Crippen LogP) is 3.32. The first kappa shape index (κ1) is 15.4. The molecular weight excluding hydrogens is 262 g/mol. The van der Waals surface area contributed by atoms with E-state index in [-0.39, 0.29) is 5.75 Å². The molecule has 0 aliphatic heterocycles. The van der Waals surface area contributed by atoms with Crippen LogP contribution in [0.25, 0.3) is 0 Å². The van der Waals surface area contributed by atoms with Crippen molar-refractivity contribution < 1.29 is 8.42 Å². The van der Waals surface area contributed by atoms with Gasteiger partial charge in [-0.2, -0.15) is 0 Å². The van der Waals surface area contributed by atoms with E-state index in [0.29, 0.717) is 10.8 Å². The van der Waals surface area contributed by atoms with E-state index in [1.807, 2.05) is 13.8 Å². The highest BCUT2D eigenvalue weighted by molar-refractivity contribution is 7.91. The van der Waals surface area contributed by atoms with Crippen molar-refractivity contribution in [3.8, 4) is 0 Å². The Morgan fingerprint density at radius 1 is 1.22 bits per heavy atom. The lowest BCUT2D eigenvalue weighted by Crippen LogP contribution is -2.24. The standard InChI is InChI=1S/C13H23NO2SSi/c1-11(2)12-8-13(10-14-9-12)17(15,16)6-7-18(3,4)5/h8-11H,6-7H2,1-5H3. The van der Waals surface area contributed by atoms with Gasteiger partial charge in [-0.3, -0.25) is 4.98 Å². The molecule has 0 aliphatic carbocycles. The van der Waals surface area contributed by atoms with Crippen molar-refractivity contribution in [1.29, 1.82) is 0 Å². The molecule has 0 atom stereocenters. The summed E-state index contributed by atoms with van der Waals surface area (Å²) in [7, 11) is -4.51. The molecule has 0 unspecified atom stereocenters. The average molecular weight is 285 g/mol. The van der Waals surface area contributed by atoms with Gasteiger partial charge in [0.15, 0.2) is 9.84 Å². The van der Waals surface area contributed by atoms with Crippen LogP contribution in [-0.4, -0.2) is 27.2 Å². The molecule has 18 heavy (non-hydrogen) atoms. The third-order valence-corrected chi connectivity index (χ3v) is 6.68. The van der Waals surface area contributed by atoms with E-state index in [1.54, 1.807) is 12.3 Å². The normalized spacial score (nSPS) is 13.0. The fourth-order valence-electron chi connectivity index (χ4n) is 1.48. The molecule has 0 aromatic carbocycles. The second kappa shape index (κ2) is 5.53. The number of sulfone groups is 1. The van der Waals surface area contributed by atoms with E-state index in [4.69, 9.17) is 0 Å². The monoisotopic (exact) mass is 285 g/mol. The lowest BCUT2D eigenvalue weighted by atomic mass is 10.1. The van der Waals surface area contributed by atoms with Gasteiger partial charge in [0.2, 0.25) is 0 Å². The summed E-state index contributed by atoms with van der Waals surface area (Å²) in [5, 5.41) is 0.